The van der Waals surface area contributed by atoms with Gasteiger partial charge in [-0.3, -0.25) is 4.79 Å². The van der Waals surface area contributed by atoms with Crippen molar-refractivity contribution in [3.05, 3.63) is 56.8 Å². The predicted octanol–water partition coefficient (Wildman–Crippen LogP) is 4.87. The first kappa shape index (κ1) is 20.6. The number of carbonyl (C=O) groups excluding carboxylic acids is 1. The zero-order valence-electron chi connectivity index (χ0n) is 16.7. The standard InChI is InChI=1S/C23H29NO3S/c1-16-14-19(17(2)28-16)7-5-9-22(25)24-12-10-18(11-13-24)15-20-6-3-4-8-21(20)23(26)27/h3-4,6,8,14,18H,5,7,9-13,15H2,1-2H3,(H,26,27). The summed E-state index contributed by atoms with van der Waals surface area (Å²) in [7, 11) is 0. The van der Waals surface area contributed by atoms with Crippen molar-refractivity contribution in [2.24, 2.45) is 5.92 Å². The molecule has 0 spiro atoms. The summed E-state index contributed by atoms with van der Waals surface area (Å²) in [5, 5.41) is 9.34. The number of carboxylic acids is 1. The number of amides is 1. The van der Waals surface area contributed by atoms with Gasteiger partial charge in [-0.1, -0.05) is 18.2 Å². The van der Waals surface area contributed by atoms with Crippen LogP contribution in [0.25, 0.3) is 0 Å². The smallest absolute Gasteiger partial charge is 0.335 e. The minimum atomic E-state index is -0.862. The van der Waals surface area contributed by atoms with Crippen molar-refractivity contribution in [2.45, 2.75) is 52.4 Å². The van der Waals surface area contributed by atoms with E-state index in [2.05, 4.69) is 19.9 Å². The molecule has 1 saturated heterocycles. The topological polar surface area (TPSA) is 57.6 Å². The normalized spacial score (nSPS) is 15.0. The minimum absolute atomic E-state index is 0.258. The Kier molecular flexibility index (Phi) is 6.89. The van der Waals surface area contributed by atoms with E-state index in [0.29, 0.717) is 17.9 Å². The number of thiophene rings is 1. The number of rotatable bonds is 7. The fourth-order valence-electron chi connectivity index (χ4n) is 4.12. The summed E-state index contributed by atoms with van der Waals surface area (Å²) in [6.07, 6.45) is 5.17. The highest BCUT2D eigenvalue weighted by Crippen LogP contribution is 2.25. The van der Waals surface area contributed by atoms with Gasteiger partial charge in [0.05, 0.1) is 5.56 Å². The average Bonchev–Trinajstić information content (AvgIpc) is 2.99. The van der Waals surface area contributed by atoms with Crippen LogP contribution in [0.4, 0.5) is 0 Å². The highest BCUT2D eigenvalue weighted by molar-refractivity contribution is 7.12. The molecule has 28 heavy (non-hydrogen) atoms. The van der Waals surface area contributed by atoms with E-state index in [1.165, 1.54) is 15.3 Å². The summed E-state index contributed by atoms with van der Waals surface area (Å²) in [6, 6.07) is 9.50. The van der Waals surface area contributed by atoms with Crippen molar-refractivity contribution < 1.29 is 14.7 Å². The Bertz CT molecular complexity index is 834. The number of likely N-dealkylation sites (tertiary alicyclic amines) is 1. The van der Waals surface area contributed by atoms with Gasteiger partial charge in [0.15, 0.2) is 0 Å². The van der Waals surface area contributed by atoms with Crippen LogP contribution in [-0.4, -0.2) is 35.0 Å². The van der Waals surface area contributed by atoms with E-state index < -0.39 is 5.97 Å². The van der Waals surface area contributed by atoms with Gasteiger partial charge in [-0.25, -0.2) is 4.79 Å². The van der Waals surface area contributed by atoms with Crippen molar-refractivity contribution in [1.29, 1.82) is 0 Å². The number of carbonyl (C=O) groups is 2. The third-order valence-electron chi connectivity index (χ3n) is 5.70. The van der Waals surface area contributed by atoms with Gasteiger partial charge < -0.3 is 10.0 Å². The van der Waals surface area contributed by atoms with Gasteiger partial charge >= 0.3 is 5.97 Å². The Balaban J connectivity index is 1.44. The Labute approximate surface area is 171 Å². The SMILES string of the molecule is Cc1cc(CCCC(=O)N2CCC(Cc3ccccc3C(=O)O)CC2)c(C)s1. The van der Waals surface area contributed by atoms with Crippen LogP contribution in [0.1, 0.15) is 56.9 Å². The van der Waals surface area contributed by atoms with Crippen molar-refractivity contribution in [2.75, 3.05) is 13.1 Å². The lowest BCUT2D eigenvalue weighted by Gasteiger charge is -2.32. The van der Waals surface area contributed by atoms with Crippen molar-refractivity contribution in [3.8, 4) is 0 Å². The Hall–Kier alpha value is -2.14. The van der Waals surface area contributed by atoms with Crippen LogP contribution >= 0.6 is 11.3 Å². The van der Waals surface area contributed by atoms with Crippen molar-refractivity contribution in [1.82, 2.24) is 4.90 Å². The molecule has 0 unspecified atom stereocenters. The molecule has 5 heteroatoms. The molecule has 2 aromatic rings. The third-order valence-corrected chi connectivity index (χ3v) is 6.71. The van der Waals surface area contributed by atoms with Gasteiger partial charge in [-0.05, 0) is 75.1 Å². The van der Waals surface area contributed by atoms with Gasteiger partial charge in [0, 0.05) is 29.3 Å². The van der Waals surface area contributed by atoms with Gasteiger partial charge in [0.1, 0.15) is 0 Å². The Morgan fingerprint density at radius 3 is 2.50 bits per heavy atom. The molecule has 1 N–H and O–H groups in total. The number of benzene rings is 1. The molecule has 0 bridgehead atoms. The van der Waals surface area contributed by atoms with Crippen molar-refractivity contribution >= 4 is 23.2 Å². The molecule has 4 nitrogen and oxygen atoms in total. The van der Waals surface area contributed by atoms with E-state index in [4.69, 9.17) is 0 Å². The van der Waals surface area contributed by atoms with Gasteiger partial charge in [-0.15, -0.1) is 11.3 Å². The molecule has 2 heterocycles. The maximum absolute atomic E-state index is 12.5. The molecule has 1 aliphatic heterocycles. The van der Waals surface area contributed by atoms with Crippen LogP contribution < -0.4 is 0 Å². The minimum Gasteiger partial charge on any atom is -0.478 e. The molecule has 0 atom stereocenters. The maximum Gasteiger partial charge on any atom is 0.335 e. The second-order valence-corrected chi connectivity index (χ2v) is 9.24. The third kappa shape index (κ3) is 5.22. The van der Waals surface area contributed by atoms with E-state index in [9.17, 15) is 14.7 Å². The molecular formula is C23H29NO3S. The lowest BCUT2D eigenvalue weighted by molar-refractivity contribution is -0.132. The number of carboxylic acid groups (broad SMARTS) is 1. The Morgan fingerprint density at radius 2 is 1.86 bits per heavy atom. The first-order valence-corrected chi connectivity index (χ1v) is 10.9. The van der Waals surface area contributed by atoms with E-state index >= 15 is 0 Å². The number of hydrogen-bond donors (Lipinski definition) is 1. The van der Waals surface area contributed by atoms with Crippen LogP contribution in [0.3, 0.4) is 0 Å². The van der Waals surface area contributed by atoms with Crippen LogP contribution in [0.2, 0.25) is 0 Å². The molecule has 3 rings (SSSR count). The molecule has 150 valence electrons. The molecule has 0 saturated carbocycles. The van der Waals surface area contributed by atoms with Crippen LogP contribution in [-0.2, 0) is 17.6 Å². The molecule has 1 fully saturated rings. The second-order valence-electron chi connectivity index (χ2n) is 7.78. The van der Waals surface area contributed by atoms with Crippen molar-refractivity contribution in [3.63, 3.8) is 0 Å². The summed E-state index contributed by atoms with van der Waals surface area (Å²) in [5.41, 5.74) is 2.69. The zero-order valence-corrected chi connectivity index (χ0v) is 17.6. The van der Waals surface area contributed by atoms with Gasteiger partial charge in [-0.2, -0.15) is 0 Å². The van der Waals surface area contributed by atoms with E-state index in [0.717, 1.165) is 50.8 Å². The number of piperidine rings is 1. The number of hydrogen-bond acceptors (Lipinski definition) is 3. The largest absolute Gasteiger partial charge is 0.478 e. The summed E-state index contributed by atoms with van der Waals surface area (Å²) in [4.78, 5) is 28.6. The molecule has 0 radical (unpaired) electrons. The predicted molar refractivity (Wildman–Crippen MR) is 113 cm³/mol. The van der Waals surface area contributed by atoms with Gasteiger partial charge in [0.25, 0.3) is 0 Å². The van der Waals surface area contributed by atoms with Crippen LogP contribution in [0.15, 0.2) is 30.3 Å². The van der Waals surface area contributed by atoms with Gasteiger partial charge in [0.2, 0.25) is 5.91 Å². The number of nitrogens with zero attached hydrogens (tertiary/aromatic N) is 1. The lowest BCUT2D eigenvalue weighted by Crippen LogP contribution is -2.38. The molecule has 1 aromatic heterocycles. The molecule has 1 aliphatic rings. The summed E-state index contributed by atoms with van der Waals surface area (Å²) < 4.78 is 0. The first-order chi connectivity index (χ1) is 13.4. The van der Waals surface area contributed by atoms with E-state index in [-0.39, 0.29) is 5.91 Å². The Morgan fingerprint density at radius 1 is 1.14 bits per heavy atom. The number of aromatic carboxylic acids is 1. The summed E-state index contributed by atoms with van der Waals surface area (Å²) in [5.74, 6) is -0.158. The quantitative estimate of drug-likeness (QED) is 0.723. The zero-order chi connectivity index (χ0) is 20.1. The fraction of sp³-hybridized carbons (Fsp3) is 0.478. The summed E-state index contributed by atoms with van der Waals surface area (Å²) >= 11 is 1.83. The summed E-state index contributed by atoms with van der Waals surface area (Å²) in [6.45, 7) is 5.86. The highest BCUT2D eigenvalue weighted by Gasteiger charge is 2.24. The number of aryl methyl sites for hydroxylation is 3. The van der Waals surface area contributed by atoms with Crippen LogP contribution in [0.5, 0.6) is 0 Å². The molecule has 1 aromatic carbocycles. The monoisotopic (exact) mass is 399 g/mol. The highest BCUT2D eigenvalue weighted by atomic mass is 32.1. The van der Waals surface area contributed by atoms with E-state index in [1.807, 2.05) is 28.4 Å². The van der Waals surface area contributed by atoms with E-state index in [1.54, 1.807) is 12.1 Å². The lowest BCUT2D eigenvalue weighted by atomic mass is 9.88. The van der Waals surface area contributed by atoms with Crippen LogP contribution in [0, 0.1) is 19.8 Å². The first-order valence-electron chi connectivity index (χ1n) is 10.1. The molecule has 0 aliphatic carbocycles. The average molecular weight is 400 g/mol. The molecule has 1 amide bonds. The molecular weight excluding hydrogens is 370 g/mol. The maximum atomic E-state index is 12.5. The fourth-order valence-corrected chi connectivity index (χ4v) is 5.10. The second kappa shape index (κ2) is 9.37.